The zero-order valence-electron chi connectivity index (χ0n) is 30.5. The molecule has 0 aliphatic heterocycles. The fraction of sp³-hybridized carbons (Fsp3) is 0. The third-order valence-electron chi connectivity index (χ3n) is 12.1. The molecular formula is C54H30S3. The Morgan fingerprint density at radius 1 is 0.246 bits per heavy atom. The SMILES string of the molecule is c1ccc2c(c1)sc1c(-c3c4ccccc4c(-c4ccc(-c5cc6c7ccc8sc9ccccc9c8c7sc6c6ccccc56)cc4)c4ccccc34)cccc12. The first-order valence-electron chi connectivity index (χ1n) is 19.4. The highest BCUT2D eigenvalue weighted by Gasteiger charge is 2.21. The van der Waals surface area contributed by atoms with Crippen LogP contribution >= 0.6 is 34.0 Å². The highest BCUT2D eigenvalue weighted by atomic mass is 32.1. The molecule has 0 aliphatic rings. The summed E-state index contributed by atoms with van der Waals surface area (Å²) in [6, 6.07) is 68.1. The largest absolute Gasteiger partial charge is 0.135 e. The normalized spacial score (nSPS) is 12.2. The standard InChI is InChI=1S/C54H30S3/c1-6-18-39-33(12-1)44(30-45-41-28-29-48-51(54(41)57-53(39)45)42-19-8-10-23-47(42)55-48)31-24-26-32(27-25-31)49-35-14-2-4-16-37(35)50(38-17-5-3-15-36(38)49)43-21-11-20-40-34-13-7-9-22-46(34)56-52(40)43/h1-30H. The topological polar surface area (TPSA) is 0 Å². The van der Waals surface area contributed by atoms with Gasteiger partial charge in [0.2, 0.25) is 0 Å². The van der Waals surface area contributed by atoms with E-state index >= 15 is 0 Å². The predicted molar refractivity (Wildman–Crippen MR) is 254 cm³/mol. The van der Waals surface area contributed by atoms with Crippen LogP contribution < -0.4 is 0 Å². The molecule has 0 saturated carbocycles. The Hall–Kier alpha value is -6.36. The summed E-state index contributed by atoms with van der Waals surface area (Å²) in [5.41, 5.74) is 7.65. The summed E-state index contributed by atoms with van der Waals surface area (Å²) in [4.78, 5) is 0. The van der Waals surface area contributed by atoms with E-state index in [1.54, 1.807) is 0 Å². The van der Waals surface area contributed by atoms with Gasteiger partial charge in [0.05, 0.1) is 0 Å². The minimum atomic E-state index is 1.23. The zero-order chi connectivity index (χ0) is 37.2. The predicted octanol–water partition coefficient (Wildman–Crippen LogP) is 17.3. The van der Waals surface area contributed by atoms with E-state index in [-0.39, 0.29) is 0 Å². The number of benzene rings is 10. The van der Waals surface area contributed by atoms with Crippen LogP contribution in [0, 0.1) is 0 Å². The second-order valence-corrected chi connectivity index (χ2v) is 18.2. The van der Waals surface area contributed by atoms with E-state index < -0.39 is 0 Å². The highest BCUT2D eigenvalue weighted by molar-refractivity contribution is 7.30. The smallest absolute Gasteiger partial charge is 0.0448 e. The molecule has 0 bridgehead atoms. The van der Waals surface area contributed by atoms with Crippen LogP contribution in [0.25, 0.3) is 126 Å². The molecule has 0 nitrogen and oxygen atoms in total. The second kappa shape index (κ2) is 12.1. The van der Waals surface area contributed by atoms with Crippen molar-refractivity contribution in [2.75, 3.05) is 0 Å². The van der Waals surface area contributed by atoms with E-state index in [1.807, 2.05) is 34.0 Å². The minimum absolute atomic E-state index is 1.23. The monoisotopic (exact) mass is 774 g/mol. The molecule has 264 valence electrons. The number of fused-ring (bicyclic) bond motifs is 14. The maximum Gasteiger partial charge on any atom is 0.0448 e. The first kappa shape index (κ1) is 31.8. The van der Waals surface area contributed by atoms with E-state index in [2.05, 4.69) is 182 Å². The van der Waals surface area contributed by atoms with Crippen LogP contribution in [0.5, 0.6) is 0 Å². The Bertz CT molecular complexity index is 3740. The molecule has 13 aromatic rings. The lowest BCUT2D eigenvalue weighted by molar-refractivity contribution is 1.65. The van der Waals surface area contributed by atoms with E-state index in [1.165, 1.54) is 126 Å². The van der Waals surface area contributed by atoms with Crippen LogP contribution in [0.4, 0.5) is 0 Å². The Morgan fingerprint density at radius 3 is 1.49 bits per heavy atom. The summed E-state index contributed by atoms with van der Waals surface area (Å²) in [5, 5.41) is 15.9. The Balaban J connectivity index is 1.02. The molecule has 0 radical (unpaired) electrons. The van der Waals surface area contributed by atoms with Gasteiger partial charge in [-0.3, -0.25) is 0 Å². The number of thiophene rings is 3. The molecule has 0 N–H and O–H groups in total. The van der Waals surface area contributed by atoms with Gasteiger partial charge in [-0.15, -0.1) is 34.0 Å². The highest BCUT2D eigenvalue weighted by Crippen LogP contribution is 2.50. The first-order valence-corrected chi connectivity index (χ1v) is 21.9. The molecule has 3 heteroatoms. The number of hydrogen-bond acceptors (Lipinski definition) is 3. The van der Waals surface area contributed by atoms with Crippen LogP contribution in [-0.4, -0.2) is 0 Å². The molecule has 0 saturated heterocycles. The molecule has 3 heterocycles. The van der Waals surface area contributed by atoms with Crippen molar-refractivity contribution in [3.63, 3.8) is 0 Å². The Morgan fingerprint density at radius 2 is 0.772 bits per heavy atom. The summed E-state index contributed by atoms with van der Waals surface area (Å²) in [5.74, 6) is 0. The second-order valence-electron chi connectivity index (χ2n) is 15.1. The number of hydrogen-bond donors (Lipinski definition) is 0. The van der Waals surface area contributed by atoms with Gasteiger partial charge >= 0.3 is 0 Å². The quantitative estimate of drug-likeness (QED) is 0.157. The summed E-state index contributed by atoms with van der Waals surface area (Å²) in [7, 11) is 0. The summed E-state index contributed by atoms with van der Waals surface area (Å²) < 4.78 is 8.16. The van der Waals surface area contributed by atoms with Crippen LogP contribution in [0.15, 0.2) is 182 Å². The first-order chi connectivity index (χ1) is 28.3. The van der Waals surface area contributed by atoms with Crippen molar-refractivity contribution < 1.29 is 0 Å². The maximum absolute atomic E-state index is 2.46. The third-order valence-corrected chi connectivity index (χ3v) is 15.7. The molecule has 0 atom stereocenters. The summed E-state index contributed by atoms with van der Waals surface area (Å²) >= 11 is 5.76. The van der Waals surface area contributed by atoms with Gasteiger partial charge in [0.1, 0.15) is 0 Å². The van der Waals surface area contributed by atoms with Gasteiger partial charge in [-0.25, -0.2) is 0 Å². The molecule has 0 fully saturated rings. The van der Waals surface area contributed by atoms with E-state index in [9.17, 15) is 0 Å². The van der Waals surface area contributed by atoms with E-state index in [0.29, 0.717) is 0 Å². The average Bonchev–Trinajstić information content (AvgIpc) is 3.97. The van der Waals surface area contributed by atoms with Gasteiger partial charge in [-0.05, 0) is 79.0 Å². The molecular weight excluding hydrogens is 745 g/mol. The van der Waals surface area contributed by atoms with Crippen molar-refractivity contribution in [1.29, 1.82) is 0 Å². The van der Waals surface area contributed by atoms with Crippen molar-refractivity contribution in [1.82, 2.24) is 0 Å². The van der Waals surface area contributed by atoms with Crippen molar-refractivity contribution in [3.8, 4) is 33.4 Å². The van der Waals surface area contributed by atoms with E-state index in [0.717, 1.165) is 0 Å². The zero-order valence-corrected chi connectivity index (χ0v) is 33.0. The van der Waals surface area contributed by atoms with Crippen LogP contribution in [-0.2, 0) is 0 Å². The van der Waals surface area contributed by atoms with Gasteiger partial charge in [0, 0.05) is 71.5 Å². The van der Waals surface area contributed by atoms with Gasteiger partial charge in [0.25, 0.3) is 0 Å². The maximum atomic E-state index is 2.46. The Labute approximate surface area is 340 Å². The molecule has 0 amide bonds. The fourth-order valence-electron chi connectivity index (χ4n) is 9.59. The molecule has 10 aromatic carbocycles. The molecule has 13 rings (SSSR count). The van der Waals surface area contributed by atoms with E-state index in [4.69, 9.17) is 0 Å². The fourth-order valence-corrected chi connectivity index (χ4v) is 13.4. The molecule has 3 aromatic heterocycles. The lowest BCUT2D eigenvalue weighted by atomic mass is 9.85. The van der Waals surface area contributed by atoms with Crippen molar-refractivity contribution >= 4 is 127 Å². The Kier molecular flexibility index (Phi) is 6.73. The molecule has 0 spiro atoms. The van der Waals surface area contributed by atoms with Gasteiger partial charge < -0.3 is 0 Å². The average molecular weight is 775 g/mol. The molecule has 0 aliphatic carbocycles. The summed E-state index contributed by atoms with van der Waals surface area (Å²) in [6.45, 7) is 0. The lowest BCUT2D eigenvalue weighted by Gasteiger charge is -2.18. The van der Waals surface area contributed by atoms with Crippen molar-refractivity contribution in [2.24, 2.45) is 0 Å². The summed E-state index contributed by atoms with van der Waals surface area (Å²) in [6.07, 6.45) is 0. The lowest BCUT2D eigenvalue weighted by Crippen LogP contribution is -1.91. The van der Waals surface area contributed by atoms with Crippen LogP contribution in [0.1, 0.15) is 0 Å². The van der Waals surface area contributed by atoms with Crippen molar-refractivity contribution in [2.45, 2.75) is 0 Å². The molecule has 0 unspecified atom stereocenters. The van der Waals surface area contributed by atoms with Crippen molar-refractivity contribution in [3.05, 3.63) is 182 Å². The van der Waals surface area contributed by atoms with Gasteiger partial charge in [-0.1, -0.05) is 158 Å². The van der Waals surface area contributed by atoms with Crippen LogP contribution in [0.2, 0.25) is 0 Å². The van der Waals surface area contributed by atoms with Gasteiger partial charge in [0.15, 0.2) is 0 Å². The number of rotatable bonds is 3. The minimum Gasteiger partial charge on any atom is -0.135 e. The van der Waals surface area contributed by atoms with Crippen LogP contribution in [0.3, 0.4) is 0 Å². The van der Waals surface area contributed by atoms with Gasteiger partial charge in [-0.2, -0.15) is 0 Å². The molecule has 57 heavy (non-hydrogen) atoms. The third kappa shape index (κ3) is 4.53.